The topological polar surface area (TPSA) is 44.1 Å². The maximum Gasteiger partial charge on any atom is 0.348 e. The van der Waals surface area contributed by atoms with Gasteiger partial charge in [0.1, 0.15) is 5.75 Å². The van der Waals surface area contributed by atoms with Crippen LogP contribution in [0.25, 0.3) is 22.2 Å². The van der Waals surface area contributed by atoms with Crippen molar-refractivity contribution in [1.82, 2.24) is 9.55 Å². The summed E-state index contributed by atoms with van der Waals surface area (Å²) in [4.78, 5) is 16.9. The van der Waals surface area contributed by atoms with Crippen LogP contribution in [0, 0.1) is 0 Å². The van der Waals surface area contributed by atoms with Crippen LogP contribution in [-0.2, 0) is 6.54 Å². The summed E-state index contributed by atoms with van der Waals surface area (Å²) in [5.41, 5.74) is 2.33. The molecule has 0 fully saturated rings. The number of fused-ring (bicyclic) bond motifs is 1. The van der Waals surface area contributed by atoms with Gasteiger partial charge in [-0.05, 0) is 24.6 Å². The SMILES string of the molecule is CCCCn1c(=O)nc(-c2cccc(OC)c2)c2ccccc21. The minimum Gasteiger partial charge on any atom is -0.497 e. The molecule has 0 bridgehead atoms. The Balaban J connectivity index is 2.24. The number of para-hydroxylation sites is 1. The third kappa shape index (κ3) is 2.97. The first kappa shape index (κ1) is 15.3. The fourth-order valence-corrected chi connectivity index (χ4v) is 2.75. The molecule has 0 N–H and O–H groups in total. The number of rotatable bonds is 5. The lowest BCUT2D eigenvalue weighted by Gasteiger charge is -2.12. The molecule has 0 spiro atoms. The average Bonchev–Trinajstić information content (AvgIpc) is 2.60. The maximum atomic E-state index is 12.5. The minimum absolute atomic E-state index is 0.199. The van der Waals surface area contributed by atoms with E-state index in [9.17, 15) is 4.79 Å². The molecule has 4 heteroatoms. The maximum absolute atomic E-state index is 12.5. The highest BCUT2D eigenvalue weighted by atomic mass is 16.5. The lowest BCUT2D eigenvalue weighted by atomic mass is 10.1. The summed E-state index contributed by atoms with van der Waals surface area (Å²) >= 11 is 0. The number of nitrogens with zero attached hydrogens (tertiary/aromatic N) is 2. The monoisotopic (exact) mass is 308 g/mol. The standard InChI is InChI=1S/C19H20N2O2/c1-3-4-12-21-17-11-6-5-10-16(17)18(20-19(21)22)14-8-7-9-15(13-14)23-2/h5-11,13H,3-4,12H2,1-2H3. The van der Waals surface area contributed by atoms with Gasteiger partial charge in [-0.25, -0.2) is 4.79 Å². The van der Waals surface area contributed by atoms with Gasteiger partial charge in [-0.3, -0.25) is 4.57 Å². The molecule has 0 atom stereocenters. The molecule has 118 valence electrons. The van der Waals surface area contributed by atoms with Gasteiger partial charge >= 0.3 is 5.69 Å². The quantitative estimate of drug-likeness (QED) is 0.718. The van der Waals surface area contributed by atoms with Crippen molar-refractivity contribution in [1.29, 1.82) is 0 Å². The normalized spacial score (nSPS) is 10.9. The summed E-state index contributed by atoms with van der Waals surface area (Å²) in [6.07, 6.45) is 2.00. The molecule has 3 rings (SSSR count). The van der Waals surface area contributed by atoms with Crippen LogP contribution in [0.5, 0.6) is 5.75 Å². The van der Waals surface area contributed by atoms with E-state index in [1.165, 1.54) is 0 Å². The van der Waals surface area contributed by atoms with E-state index in [4.69, 9.17) is 4.74 Å². The van der Waals surface area contributed by atoms with Gasteiger partial charge in [-0.2, -0.15) is 4.98 Å². The zero-order valence-corrected chi connectivity index (χ0v) is 13.5. The third-order valence-electron chi connectivity index (χ3n) is 3.97. The number of hydrogen-bond acceptors (Lipinski definition) is 3. The molecule has 0 saturated heterocycles. The Morgan fingerprint density at radius 2 is 1.96 bits per heavy atom. The number of aryl methyl sites for hydroxylation is 1. The Morgan fingerprint density at radius 1 is 1.13 bits per heavy atom. The molecule has 1 heterocycles. The third-order valence-corrected chi connectivity index (χ3v) is 3.97. The van der Waals surface area contributed by atoms with E-state index in [2.05, 4.69) is 11.9 Å². The second kappa shape index (κ2) is 6.65. The van der Waals surface area contributed by atoms with Gasteiger partial charge in [0.05, 0.1) is 18.3 Å². The first-order chi connectivity index (χ1) is 11.2. The first-order valence-electron chi connectivity index (χ1n) is 7.88. The molecular formula is C19H20N2O2. The fraction of sp³-hybridized carbons (Fsp3) is 0.263. The van der Waals surface area contributed by atoms with Crippen molar-refractivity contribution in [3.05, 3.63) is 59.0 Å². The lowest BCUT2D eigenvalue weighted by molar-refractivity contribution is 0.415. The van der Waals surface area contributed by atoms with Gasteiger partial charge < -0.3 is 4.74 Å². The van der Waals surface area contributed by atoms with E-state index in [1.807, 2.05) is 48.5 Å². The first-order valence-corrected chi connectivity index (χ1v) is 7.88. The summed E-state index contributed by atoms with van der Waals surface area (Å²) in [5, 5.41) is 0.983. The minimum atomic E-state index is -0.199. The Labute approximate surface area is 135 Å². The van der Waals surface area contributed by atoms with Gasteiger partial charge in [0.25, 0.3) is 0 Å². The molecule has 0 unspecified atom stereocenters. The van der Waals surface area contributed by atoms with Gasteiger partial charge in [-0.1, -0.05) is 43.7 Å². The van der Waals surface area contributed by atoms with E-state index in [1.54, 1.807) is 11.7 Å². The number of benzene rings is 2. The molecule has 23 heavy (non-hydrogen) atoms. The molecule has 3 aromatic rings. The summed E-state index contributed by atoms with van der Waals surface area (Å²) in [6, 6.07) is 15.6. The van der Waals surface area contributed by atoms with Crippen molar-refractivity contribution < 1.29 is 4.74 Å². The van der Waals surface area contributed by atoms with E-state index < -0.39 is 0 Å². The van der Waals surface area contributed by atoms with Gasteiger partial charge in [0.2, 0.25) is 0 Å². The van der Waals surface area contributed by atoms with Crippen molar-refractivity contribution in [2.24, 2.45) is 0 Å². The molecule has 0 amide bonds. The van der Waals surface area contributed by atoms with Crippen molar-refractivity contribution >= 4 is 10.9 Å². The van der Waals surface area contributed by atoms with Crippen molar-refractivity contribution in [2.45, 2.75) is 26.3 Å². The lowest BCUT2D eigenvalue weighted by Crippen LogP contribution is -2.24. The molecule has 4 nitrogen and oxygen atoms in total. The van der Waals surface area contributed by atoms with Crippen LogP contribution < -0.4 is 10.4 Å². The summed E-state index contributed by atoms with van der Waals surface area (Å²) in [6.45, 7) is 2.81. The van der Waals surface area contributed by atoms with Crippen LogP contribution in [0.2, 0.25) is 0 Å². The number of methoxy groups -OCH3 is 1. The smallest absolute Gasteiger partial charge is 0.348 e. The number of ether oxygens (including phenoxy) is 1. The molecule has 0 aliphatic heterocycles. The molecule has 0 radical (unpaired) electrons. The van der Waals surface area contributed by atoms with Crippen LogP contribution in [0.1, 0.15) is 19.8 Å². The predicted molar refractivity (Wildman–Crippen MR) is 92.9 cm³/mol. The zero-order valence-electron chi connectivity index (χ0n) is 13.5. The van der Waals surface area contributed by atoms with Gasteiger partial charge in [0.15, 0.2) is 0 Å². The summed E-state index contributed by atoms with van der Waals surface area (Å²) in [7, 11) is 1.63. The van der Waals surface area contributed by atoms with Crippen molar-refractivity contribution in [2.75, 3.05) is 7.11 Å². The fourth-order valence-electron chi connectivity index (χ4n) is 2.75. The van der Waals surface area contributed by atoms with Crippen LogP contribution in [-0.4, -0.2) is 16.7 Å². The average molecular weight is 308 g/mol. The molecule has 1 aromatic heterocycles. The van der Waals surface area contributed by atoms with Crippen molar-refractivity contribution in [3.63, 3.8) is 0 Å². The summed E-state index contributed by atoms with van der Waals surface area (Å²) in [5.74, 6) is 0.753. The Kier molecular flexibility index (Phi) is 4.42. The molecule has 2 aromatic carbocycles. The number of hydrogen-bond donors (Lipinski definition) is 0. The highest BCUT2D eigenvalue weighted by molar-refractivity contribution is 5.92. The van der Waals surface area contributed by atoms with E-state index in [-0.39, 0.29) is 5.69 Å². The summed E-state index contributed by atoms with van der Waals surface area (Å²) < 4.78 is 7.05. The zero-order chi connectivity index (χ0) is 16.2. The number of aromatic nitrogens is 2. The Morgan fingerprint density at radius 3 is 2.74 bits per heavy atom. The van der Waals surface area contributed by atoms with E-state index >= 15 is 0 Å². The highest BCUT2D eigenvalue weighted by Crippen LogP contribution is 2.27. The van der Waals surface area contributed by atoms with E-state index in [0.29, 0.717) is 12.2 Å². The highest BCUT2D eigenvalue weighted by Gasteiger charge is 2.12. The van der Waals surface area contributed by atoms with Crippen LogP contribution in [0.15, 0.2) is 53.3 Å². The van der Waals surface area contributed by atoms with Gasteiger partial charge in [0, 0.05) is 17.5 Å². The number of unbranched alkanes of at least 4 members (excludes halogenated alkanes) is 1. The largest absolute Gasteiger partial charge is 0.497 e. The second-order valence-electron chi connectivity index (χ2n) is 5.50. The molecular weight excluding hydrogens is 288 g/mol. The Bertz CT molecular complexity index is 884. The Hall–Kier alpha value is -2.62. The van der Waals surface area contributed by atoms with Crippen LogP contribution >= 0.6 is 0 Å². The van der Waals surface area contributed by atoms with Crippen LogP contribution in [0.3, 0.4) is 0 Å². The van der Waals surface area contributed by atoms with Gasteiger partial charge in [-0.15, -0.1) is 0 Å². The molecule has 0 aliphatic rings. The second-order valence-corrected chi connectivity index (χ2v) is 5.50. The molecule has 0 saturated carbocycles. The van der Waals surface area contributed by atoms with Crippen LogP contribution in [0.4, 0.5) is 0 Å². The van der Waals surface area contributed by atoms with E-state index in [0.717, 1.165) is 35.1 Å². The predicted octanol–water partition coefficient (Wildman–Crippen LogP) is 3.87. The molecule has 0 aliphatic carbocycles. The van der Waals surface area contributed by atoms with Crippen molar-refractivity contribution in [3.8, 4) is 17.0 Å².